The molecule has 116 valence electrons. The maximum Gasteiger partial charge on any atom is 0.317 e. The van der Waals surface area contributed by atoms with E-state index in [-0.39, 0.29) is 6.03 Å². The van der Waals surface area contributed by atoms with E-state index >= 15 is 0 Å². The Morgan fingerprint density at radius 3 is 2.62 bits per heavy atom. The Bertz CT molecular complexity index is 520. The van der Waals surface area contributed by atoms with Crippen molar-refractivity contribution >= 4 is 12.0 Å². The van der Waals surface area contributed by atoms with E-state index < -0.39 is 11.4 Å². The summed E-state index contributed by atoms with van der Waals surface area (Å²) in [5.74, 6) is 0.0252. The zero-order valence-corrected chi connectivity index (χ0v) is 12.4. The summed E-state index contributed by atoms with van der Waals surface area (Å²) in [5, 5.41) is 19.7. The van der Waals surface area contributed by atoms with Gasteiger partial charge < -0.3 is 19.9 Å². The van der Waals surface area contributed by atoms with Gasteiger partial charge in [-0.3, -0.25) is 4.79 Å². The van der Waals surface area contributed by atoms with Crippen LogP contribution < -0.4 is 5.32 Å². The van der Waals surface area contributed by atoms with Crippen molar-refractivity contribution in [3.8, 4) is 0 Å². The Morgan fingerprint density at radius 2 is 2.10 bits per heavy atom. The molecule has 21 heavy (non-hydrogen) atoms. The number of rotatable bonds is 4. The highest BCUT2D eigenvalue weighted by Gasteiger charge is 2.37. The second kappa shape index (κ2) is 6.11. The monoisotopic (exact) mass is 295 g/mol. The van der Waals surface area contributed by atoms with Gasteiger partial charge in [0.15, 0.2) is 0 Å². The predicted octanol–water partition coefficient (Wildman–Crippen LogP) is 0.254. The molecule has 1 aliphatic rings. The number of carboxylic acid groups (broad SMARTS) is 1. The lowest BCUT2D eigenvalue weighted by Crippen LogP contribution is -2.49. The fourth-order valence-electron chi connectivity index (χ4n) is 2.34. The average Bonchev–Trinajstić information content (AvgIpc) is 2.85. The van der Waals surface area contributed by atoms with Crippen LogP contribution in [0.5, 0.6) is 0 Å². The molecule has 1 fully saturated rings. The largest absolute Gasteiger partial charge is 0.481 e. The number of hydrogen-bond acceptors (Lipinski definition) is 4. The van der Waals surface area contributed by atoms with Crippen molar-refractivity contribution in [2.45, 2.75) is 26.2 Å². The fourth-order valence-corrected chi connectivity index (χ4v) is 2.34. The topological polar surface area (TPSA) is 100 Å². The summed E-state index contributed by atoms with van der Waals surface area (Å²) in [6.07, 6.45) is 3.20. The van der Waals surface area contributed by atoms with Gasteiger partial charge in [-0.15, -0.1) is 10.2 Å². The van der Waals surface area contributed by atoms with Crippen molar-refractivity contribution in [1.29, 1.82) is 0 Å². The van der Waals surface area contributed by atoms with Crippen molar-refractivity contribution in [3.05, 3.63) is 12.2 Å². The first-order valence-electron chi connectivity index (χ1n) is 7.01. The molecule has 2 heterocycles. The number of nitrogens with one attached hydrogen (secondary N) is 1. The molecule has 0 aliphatic carbocycles. The van der Waals surface area contributed by atoms with Crippen molar-refractivity contribution in [2.75, 3.05) is 19.6 Å². The summed E-state index contributed by atoms with van der Waals surface area (Å²) in [7, 11) is 1.86. The Labute approximate surface area is 123 Å². The molecule has 0 aromatic carbocycles. The van der Waals surface area contributed by atoms with Gasteiger partial charge in [0, 0.05) is 33.1 Å². The summed E-state index contributed by atoms with van der Waals surface area (Å²) in [4.78, 5) is 24.8. The van der Waals surface area contributed by atoms with Gasteiger partial charge in [-0.2, -0.15) is 0 Å². The molecule has 0 atom stereocenters. The second-order valence-corrected chi connectivity index (χ2v) is 5.69. The molecule has 1 aromatic heterocycles. The Balaban J connectivity index is 1.75. The van der Waals surface area contributed by atoms with Crippen molar-refractivity contribution < 1.29 is 14.7 Å². The third kappa shape index (κ3) is 3.50. The van der Waals surface area contributed by atoms with E-state index in [2.05, 4.69) is 15.5 Å². The van der Waals surface area contributed by atoms with Crippen LogP contribution in [0.25, 0.3) is 0 Å². The predicted molar refractivity (Wildman–Crippen MR) is 74.7 cm³/mol. The SMILES string of the molecule is Cn1cnnc1CCNC(=O)N1CCC(C)(C(=O)O)CC1. The smallest absolute Gasteiger partial charge is 0.317 e. The minimum Gasteiger partial charge on any atom is -0.481 e. The first kappa shape index (κ1) is 15.3. The molecule has 2 N–H and O–H groups in total. The number of piperidine rings is 1. The van der Waals surface area contributed by atoms with E-state index in [0.717, 1.165) is 5.82 Å². The summed E-state index contributed by atoms with van der Waals surface area (Å²) >= 11 is 0. The molecule has 8 heteroatoms. The number of aryl methyl sites for hydroxylation is 1. The van der Waals surface area contributed by atoms with Gasteiger partial charge in [-0.1, -0.05) is 0 Å². The standard InChI is InChI=1S/C13H21N5O3/c1-13(11(19)20)4-7-18(8-5-13)12(21)14-6-3-10-16-15-9-17(10)2/h9H,3-8H2,1-2H3,(H,14,21)(H,19,20). The maximum absolute atomic E-state index is 12.0. The van der Waals surface area contributed by atoms with Crippen LogP contribution in [0.1, 0.15) is 25.6 Å². The number of hydrogen-bond donors (Lipinski definition) is 2. The van der Waals surface area contributed by atoms with E-state index in [0.29, 0.717) is 38.9 Å². The van der Waals surface area contributed by atoms with Crippen molar-refractivity contribution in [2.24, 2.45) is 12.5 Å². The van der Waals surface area contributed by atoms with Gasteiger partial charge in [0.1, 0.15) is 12.2 Å². The summed E-state index contributed by atoms with van der Waals surface area (Å²) in [6.45, 7) is 3.16. The Morgan fingerprint density at radius 1 is 1.43 bits per heavy atom. The average molecular weight is 295 g/mol. The zero-order valence-electron chi connectivity index (χ0n) is 12.4. The van der Waals surface area contributed by atoms with Crippen LogP contribution in [0, 0.1) is 5.41 Å². The third-order valence-corrected chi connectivity index (χ3v) is 4.10. The maximum atomic E-state index is 12.0. The molecule has 1 aliphatic heterocycles. The zero-order chi connectivity index (χ0) is 15.5. The highest BCUT2D eigenvalue weighted by atomic mass is 16.4. The number of carbonyl (C=O) groups is 2. The van der Waals surface area contributed by atoms with E-state index in [1.807, 2.05) is 11.6 Å². The van der Waals surface area contributed by atoms with Gasteiger partial charge in [0.05, 0.1) is 5.41 Å². The fraction of sp³-hybridized carbons (Fsp3) is 0.692. The van der Waals surface area contributed by atoms with Gasteiger partial charge in [-0.05, 0) is 19.8 Å². The van der Waals surface area contributed by atoms with Crippen molar-refractivity contribution in [1.82, 2.24) is 25.0 Å². The van der Waals surface area contributed by atoms with E-state index in [1.54, 1.807) is 18.2 Å². The summed E-state index contributed by atoms with van der Waals surface area (Å²) in [5.41, 5.74) is -0.713. The minimum atomic E-state index is -0.787. The summed E-state index contributed by atoms with van der Waals surface area (Å²) in [6, 6.07) is -0.149. The number of likely N-dealkylation sites (tertiary alicyclic amines) is 1. The first-order chi connectivity index (χ1) is 9.92. The Hall–Kier alpha value is -2.12. The lowest BCUT2D eigenvalue weighted by atomic mass is 9.80. The lowest BCUT2D eigenvalue weighted by Gasteiger charge is -2.36. The number of aromatic nitrogens is 3. The third-order valence-electron chi connectivity index (χ3n) is 4.10. The van der Waals surface area contributed by atoms with Crippen LogP contribution in [-0.4, -0.2) is 56.4 Å². The van der Waals surface area contributed by atoms with E-state index in [9.17, 15) is 9.59 Å². The van der Waals surface area contributed by atoms with E-state index in [1.165, 1.54) is 0 Å². The van der Waals surface area contributed by atoms with Crippen LogP contribution in [0.15, 0.2) is 6.33 Å². The first-order valence-corrected chi connectivity index (χ1v) is 7.01. The van der Waals surface area contributed by atoms with Crippen LogP contribution in [0.2, 0.25) is 0 Å². The molecule has 1 aromatic rings. The van der Waals surface area contributed by atoms with Gasteiger partial charge in [0.25, 0.3) is 0 Å². The van der Waals surface area contributed by atoms with Crippen LogP contribution in [0.3, 0.4) is 0 Å². The molecular weight excluding hydrogens is 274 g/mol. The second-order valence-electron chi connectivity index (χ2n) is 5.69. The van der Waals surface area contributed by atoms with Gasteiger partial charge in [-0.25, -0.2) is 4.79 Å². The number of aliphatic carboxylic acids is 1. The van der Waals surface area contributed by atoms with Crippen LogP contribution >= 0.6 is 0 Å². The number of carbonyl (C=O) groups excluding carboxylic acids is 1. The quantitative estimate of drug-likeness (QED) is 0.829. The lowest BCUT2D eigenvalue weighted by molar-refractivity contribution is -0.150. The number of urea groups is 1. The summed E-state index contributed by atoms with van der Waals surface area (Å²) < 4.78 is 1.81. The molecule has 0 radical (unpaired) electrons. The van der Waals surface area contributed by atoms with E-state index in [4.69, 9.17) is 5.11 Å². The highest BCUT2D eigenvalue weighted by Crippen LogP contribution is 2.30. The molecule has 2 rings (SSSR count). The molecule has 0 bridgehead atoms. The van der Waals surface area contributed by atoms with Crippen molar-refractivity contribution in [3.63, 3.8) is 0 Å². The number of nitrogens with zero attached hydrogens (tertiary/aromatic N) is 4. The molecule has 0 saturated carbocycles. The molecule has 0 spiro atoms. The molecule has 0 unspecified atom stereocenters. The minimum absolute atomic E-state index is 0.149. The van der Waals surface area contributed by atoms with Crippen LogP contribution in [-0.2, 0) is 18.3 Å². The van der Waals surface area contributed by atoms with Crippen LogP contribution in [0.4, 0.5) is 4.79 Å². The normalized spacial score (nSPS) is 17.5. The Kier molecular flexibility index (Phi) is 4.44. The number of carboxylic acids is 1. The number of amides is 2. The molecule has 2 amide bonds. The van der Waals surface area contributed by atoms with Gasteiger partial charge >= 0.3 is 12.0 Å². The molecular formula is C13H21N5O3. The van der Waals surface area contributed by atoms with Gasteiger partial charge in [0.2, 0.25) is 0 Å². The molecule has 1 saturated heterocycles. The highest BCUT2D eigenvalue weighted by molar-refractivity contribution is 5.76. The molecule has 8 nitrogen and oxygen atoms in total.